The van der Waals surface area contributed by atoms with Crippen LogP contribution in [0.15, 0.2) is 83.2 Å². The molecule has 0 amide bonds. The van der Waals surface area contributed by atoms with Crippen LogP contribution in [0.3, 0.4) is 0 Å². The predicted molar refractivity (Wildman–Crippen MR) is 97.7 cm³/mol. The molecular weight excluding hydrogens is 391 g/mol. The minimum absolute atomic E-state index is 0. The van der Waals surface area contributed by atoms with E-state index in [1.54, 1.807) is 36.4 Å². The van der Waals surface area contributed by atoms with Gasteiger partial charge in [-0.15, -0.1) is 9.81 Å². The fourth-order valence-corrected chi connectivity index (χ4v) is 2.66. The minimum atomic E-state index is -0.325. The average molecular weight is 403 g/mol. The van der Waals surface area contributed by atoms with Crippen molar-refractivity contribution in [1.82, 2.24) is 0 Å². The Bertz CT molecular complexity index is 1030. The van der Waals surface area contributed by atoms with E-state index in [-0.39, 0.29) is 39.4 Å². The molecule has 0 saturated heterocycles. The van der Waals surface area contributed by atoms with Gasteiger partial charge in [0.1, 0.15) is 11.4 Å². The minimum Gasteiger partial charge on any atom is -0.871 e. The molecule has 0 aliphatic carbocycles. The molecule has 0 unspecified atom stereocenters. The van der Waals surface area contributed by atoms with Gasteiger partial charge in [-0.25, -0.2) is 0 Å². The van der Waals surface area contributed by atoms with Crippen LogP contribution >= 0.6 is 0 Å². The molecule has 0 aliphatic heterocycles. The third kappa shape index (κ3) is 4.10. The summed E-state index contributed by atoms with van der Waals surface area (Å²) in [6, 6.07) is 20.4. The van der Waals surface area contributed by atoms with Gasteiger partial charge in [0.25, 0.3) is 0 Å². The number of hydrogen-bond acceptors (Lipinski definition) is 6. The monoisotopic (exact) mass is 402 g/mol. The summed E-state index contributed by atoms with van der Waals surface area (Å²) in [6.07, 6.45) is 0. The van der Waals surface area contributed by atoms with Crippen molar-refractivity contribution in [3.05, 3.63) is 82.6 Å². The van der Waals surface area contributed by atoms with Crippen LogP contribution in [-0.2, 0) is 16.5 Å². The van der Waals surface area contributed by atoms with Crippen molar-refractivity contribution in [1.29, 1.82) is 0 Å². The predicted octanol–water partition coefficient (Wildman–Crippen LogP) is 4.62. The smallest absolute Gasteiger partial charge is 0.871 e. The summed E-state index contributed by atoms with van der Waals surface area (Å²) in [6.45, 7) is 0. The van der Waals surface area contributed by atoms with Gasteiger partial charge in [0.15, 0.2) is 0 Å². The molecule has 0 aromatic heterocycles. The summed E-state index contributed by atoms with van der Waals surface area (Å²) in [5, 5.41) is 30.8. The van der Waals surface area contributed by atoms with E-state index in [2.05, 4.69) is 10.4 Å². The van der Waals surface area contributed by atoms with Gasteiger partial charge in [0.2, 0.25) is 0 Å². The van der Waals surface area contributed by atoms with E-state index in [0.717, 1.165) is 10.8 Å². The number of nitrogens with zero attached hydrogens (tertiary/aromatic N) is 2. The first-order chi connectivity index (χ1) is 12.7. The maximum absolute atomic E-state index is 11.2. The van der Waals surface area contributed by atoms with Crippen molar-refractivity contribution in [2.45, 2.75) is 0 Å². The van der Waals surface area contributed by atoms with Crippen LogP contribution in [0.25, 0.3) is 21.5 Å². The topological polar surface area (TPSA) is 105 Å². The first kappa shape index (κ1) is 20.0. The van der Waals surface area contributed by atoms with Crippen molar-refractivity contribution < 1.29 is 26.7 Å². The van der Waals surface area contributed by atoms with Crippen molar-refractivity contribution in [2.75, 3.05) is 0 Å². The summed E-state index contributed by atoms with van der Waals surface area (Å²) in [5.41, 5.74) is -0.00352. The molecule has 0 bridgehead atoms. The molecule has 0 saturated carbocycles. The molecule has 136 valence electrons. The Labute approximate surface area is 164 Å². The van der Waals surface area contributed by atoms with Gasteiger partial charge in [0, 0.05) is 10.8 Å². The second kappa shape index (κ2) is 8.87. The summed E-state index contributed by atoms with van der Waals surface area (Å²) in [4.78, 5) is 20.8. The molecule has 27 heavy (non-hydrogen) atoms. The van der Waals surface area contributed by atoms with Gasteiger partial charge in [0.05, 0.1) is 0 Å². The third-order valence-electron chi connectivity index (χ3n) is 3.91. The molecule has 7 heteroatoms. The Morgan fingerprint density at radius 1 is 0.556 bits per heavy atom. The fourth-order valence-electron chi connectivity index (χ4n) is 2.66. The molecule has 0 fully saturated rings. The van der Waals surface area contributed by atoms with E-state index in [0.29, 0.717) is 10.8 Å². The molecule has 0 N–H and O–H groups in total. The Morgan fingerprint density at radius 3 is 1.30 bits per heavy atom. The molecule has 0 atom stereocenters. The summed E-state index contributed by atoms with van der Waals surface area (Å²) in [7, 11) is 0. The van der Waals surface area contributed by atoms with Gasteiger partial charge < -0.3 is 10.2 Å². The van der Waals surface area contributed by atoms with E-state index >= 15 is 0 Å². The number of benzene rings is 4. The van der Waals surface area contributed by atoms with Gasteiger partial charge in [-0.3, -0.25) is 0 Å². The van der Waals surface area contributed by atoms with Crippen molar-refractivity contribution >= 4 is 32.9 Å². The van der Waals surface area contributed by atoms with E-state index < -0.39 is 0 Å². The van der Waals surface area contributed by atoms with E-state index in [9.17, 15) is 20.0 Å². The van der Waals surface area contributed by atoms with Crippen LogP contribution in [0.5, 0.6) is 11.5 Å². The van der Waals surface area contributed by atoms with Crippen LogP contribution < -0.4 is 10.2 Å². The van der Waals surface area contributed by atoms with Crippen LogP contribution in [0.4, 0.5) is 11.4 Å². The zero-order chi connectivity index (χ0) is 18.5. The van der Waals surface area contributed by atoms with E-state index in [4.69, 9.17) is 0 Å². The number of fused-ring (bicyclic) bond motifs is 2. The van der Waals surface area contributed by atoms with E-state index in [1.807, 2.05) is 24.3 Å². The molecule has 4 aromatic carbocycles. The molecule has 0 aliphatic rings. The maximum Gasteiger partial charge on any atom is 2.00 e. The van der Waals surface area contributed by atoms with Crippen LogP contribution in [0.2, 0.25) is 0 Å². The van der Waals surface area contributed by atoms with Gasteiger partial charge in [-0.05, 0) is 21.1 Å². The van der Waals surface area contributed by atoms with Crippen molar-refractivity contribution in [2.24, 2.45) is 10.4 Å². The van der Waals surface area contributed by atoms with Crippen molar-refractivity contribution in [3.63, 3.8) is 0 Å². The van der Waals surface area contributed by atoms with Gasteiger partial charge in [-0.1, -0.05) is 84.3 Å². The Morgan fingerprint density at radius 2 is 0.926 bits per heavy atom. The number of hydrogen-bond donors (Lipinski definition) is 0. The molecule has 0 spiro atoms. The van der Waals surface area contributed by atoms with Crippen LogP contribution in [0.1, 0.15) is 0 Å². The average Bonchev–Trinajstić information content (AvgIpc) is 2.68. The Hall–Kier alpha value is -3.31. The van der Waals surface area contributed by atoms with Gasteiger partial charge in [-0.2, -0.15) is 0 Å². The number of nitroso groups, excluding NO2 is 2. The summed E-state index contributed by atoms with van der Waals surface area (Å²) >= 11 is 0. The zero-order valence-electron chi connectivity index (χ0n) is 13.8. The molecule has 0 radical (unpaired) electrons. The summed E-state index contributed by atoms with van der Waals surface area (Å²) in [5.74, 6) is -0.651. The molecule has 4 aromatic rings. The Kier molecular flexibility index (Phi) is 6.58. The number of rotatable bonds is 2. The first-order valence-electron chi connectivity index (χ1n) is 7.70. The maximum atomic E-state index is 11.2. The second-order valence-electron chi connectivity index (χ2n) is 5.45. The van der Waals surface area contributed by atoms with Gasteiger partial charge >= 0.3 is 16.5 Å². The van der Waals surface area contributed by atoms with Crippen molar-refractivity contribution in [3.8, 4) is 11.5 Å². The van der Waals surface area contributed by atoms with Crippen LogP contribution in [-0.4, -0.2) is 0 Å². The third-order valence-corrected chi connectivity index (χ3v) is 3.91. The second-order valence-corrected chi connectivity index (χ2v) is 5.45. The van der Waals surface area contributed by atoms with Crippen LogP contribution in [0, 0.1) is 9.81 Å². The SMILES string of the molecule is O=Nc1c([O-])ccc2ccccc12.O=Nc1c([O-])ccc2ccccc12.[Ni+2]. The molecule has 6 nitrogen and oxygen atoms in total. The Balaban J connectivity index is 0.000000187. The fraction of sp³-hybridized carbons (Fsp3) is 0. The molecular formula is C20H12N2NiO4. The molecule has 4 rings (SSSR count). The zero-order valence-corrected chi connectivity index (χ0v) is 14.8. The first-order valence-corrected chi connectivity index (χ1v) is 7.70. The quantitative estimate of drug-likeness (QED) is 0.360. The standard InChI is InChI=1S/2C10H7NO2.Ni/c2*12-9-6-5-7-3-1-2-4-8(7)10(9)11-13;/h2*1-6,12H;/q;;+2/p-2. The normalized spacial score (nSPS) is 9.78. The largest absolute Gasteiger partial charge is 2.00 e. The van der Waals surface area contributed by atoms with E-state index in [1.165, 1.54) is 12.1 Å². The summed E-state index contributed by atoms with van der Waals surface area (Å²) < 4.78 is 0. The molecule has 0 heterocycles.